The zero-order valence-electron chi connectivity index (χ0n) is 9.43. The number of hydrogen-bond acceptors (Lipinski definition) is 2. The molecule has 2 nitrogen and oxygen atoms in total. The van der Waals surface area contributed by atoms with Gasteiger partial charge in [0, 0.05) is 12.5 Å². The van der Waals surface area contributed by atoms with Crippen LogP contribution in [0.4, 0.5) is 4.39 Å². The maximum Gasteiger partial charge on any atom is 0.404 e. The van der Waals surface area contributed by atoms with Gasteiger partial charge in [-0.05, 0) is 11.5 Å². The highest BCUT2D eigenvalue weighted by molar-refractivity contribution is 5.51. The second-order valence-corrected chi connectivity index (χ2v) is 4.92. The van der Waals surface area contributed by atoms with Gasteiger partial charge in [-0.3, -0.25) is 0 Å². The van der Waals surface area contributed by atoms with Crippen molar-refractivity contribution in [3.63, 3.8) is 0 Å². The summed E-state index contributed by atoms with van der Waals surface area (Å²) >= 11 is 0. The molecule has 2 rings (SSSR count). The Labute approximate surface area is 89.0 Å². The molecule has 1 aliphatic heterocycles. The molecule has 1 aliphatic rings. The number of fused-ring (bicyclic) bond motifs is 1. The molecule has 1 unspecified atom stereocenters. The van der Waals surface area contributed by atoms with E-state index in [1.54, 1.807) is 6.07 Å². The molecule has 0 N–H and O–H groups in total. The van der Waals surface area contributed by atoms with Crippen molar-refractivity contribution >= 4 is 0 Å². The molecule has 0 amide bonds. The normalized spacial score (nSPS) is 24.3. The number of alkyl halides is 1. The summed E-state index contributed by atoms with van der Waals surface area (Å²) in [6, 6.07) is 3.47. The van der Waals surface area contributed by atoms with Crippen LogP contribution < -0.4 is 9.47 Å². The molecule has 0 saturated heterocycles. The first-order valence-corrected chi connectivity index (χ1v) is 5.00. The van der Waals surface area contributed by atoms with Gasteiger partial charge in [0.25, 0.3) is 0 Å². The van der Waals surface area contributed by atoms with Crippen LogP contribution in [0, 0.1) is 0 Å². The van der Waals surface area contributed by atoms with Gasteiger partial charge in [-0.2, -0.15) is 4.39 Å². The lowest BCUT2D eigenvalue weighted by atomic mass is 9.86. The molecule has 0 aromatic heterocycles. The molecule has 0 radical (unpaired) electrons. The highest BCUT2D eigenvalue weighted by Crippen LogP contribution is 2.46. The number of benzene rings is 1. The number of halogens is 1. The lowest BCUT2D eigenvalue weighted by molar-refractivity contribution is -0.173. The van der Waals surface area contributed by atoms with Gasteiger partial charge >= 0.3 is 6.04 Å². The van der Waals surface area contributed by atoms with Crippen LogP contribution in [0.3, 0.4) is 0 Å². The highest BCUT2D eigenvalue weighted by Gasteiger charge is 2.39. The fraction of sp³-hybridized carbons (Fsp3) is 0.500. The van der Waals surface area contributed by atoms with E-state index < -0.39 is 6.04 Å². The van der Waals surface area contributed by atoms with E-state index in [4.69, 9.17) is 9.47 Å². The third-order valence-corrected chi connectivity index (χ3v) is 2.36. The molecule has 0 fully saturated rings. The first-order chi connectivity index (χ1) is 6.80. The van der Waals surface area contributed by atoms with Gasteiger partial charge in [-0.15, -0.1) is 0 Å². The van der Waals surface area contributed by atoms with E-state index in [0.717, 1.165) is 5.56 Å². The van der Waals surface area contributed by atoms with Gasteiger partial charge < -0.3 is 9.47 Å². The van der Waals surface area contributed by atoms with Crippen LogP contribution in [-0.2, 0) is 5.41 Å². The minimum absolute atomic E-state index is 0.0882. The van der Waals surface area contributed by atoms with Crippen molar-refractivity contribution in [3.05, 3.63) is 23.8 Å². The molecule has 3 heteroatoms. The average Bonchev–Trinajstić information content (AvgIpc) is 2.35. The molecule has 1 aromatic rings. The Bertz CT molecular complexity index is 391. The van der Waals surface area contributed by atoms with Gasteiger partial charge in [0.05, 0.1) is 0 Å². The maximum atomic E-state index is 13.5. The number of hydrogen-bond donors (Lipinski definition) is 0. The van der Waals surface area contributed by atoms with Crippen LogP contribution in [0.1, 0.15) is 33.3 Å². The standard InChI is InChI=1S/C12H15FO2/c1-11(2,3)8-6-5-7-9-10(8)15-12(4,13)14-9/h5-7H,1-4H3. The Balaban J connectivity index is 2.51. The Morgan fingerprint density at radius 2 is 1.87 bits per heavy atom. The average molecular weight is 210 g/mol. The topological polar surface area (TPSA) is 18.5 Å². The van der Waals surface area contributed by atoms with Gasteiger partial charge in [0.15, 0.2) is 11.5 Å². The summed E-state index contributed by atoms with van der Waals surface area (Å²) in [7, 11) is 0. The lowest BCUT2D eigenvalue weighted by Crippen LogP contribution is -2.28. The Morgan fingerprint density at radius 3 is 2.47 bits per heavy atom. The Hall–Kier alpha value is -1.25. The molecule has 1 aromatic carbocycles. The molecule has 0 bridgehead atoms. The summed E-state index contributed by atoms with van der Waals surface area (Å²) in [4.78, 5) is 0. The van der Waals surface area contributed by atoms with Gasteiger partial charge in [-0.1, -0.05) is 32.9 Å². The van der Waals surface area contributed by atoms with E-state index in [-0.39, 0.29) is 5.41 Å². The van der Waals surface area contributed by atoms with Gasteiger partial charge in [-0.25, -0.2) is 0 Å². The monoisotopic (exact) mass is 210 g/mol. The van der Waals surface area contributed by atoms with Crippen LogP contribution in [0.25, 0.3) is 0 Å². The van der Waals surface area contributed by atoms with E-state index in [9.17, 15) is 4.39 Å². The van der Waals surface area contributed by atoms with Crippen molar-refractivity contribution in [2.24, 2.45) is 0 Å². The third kappa shape index (κ3) is 1.78. The summed E-state index contributed by atoms with van der Waals surface area (Å²) < 4.78 is 23.7. The van der Waals surface area contributed by atoms with Crippen molar-refractivity contribution < 1.29 is 13.9 Å². The molecular formula is C12H15FO2. The largest absolute Gasteiger partial charge is 0.423 e. The first-order valence-electron chi connectivity index (χ1n) is 5.00. The maximum absolute atomic E-state index is 13.5. The Kier molecular flexibility index (Phi) is 1.97. The molecule has 82 valence electrons. The second-order valence-electron chi connectivity index (χ2n) is 4.92. The van der Waals surface area contributed by atoms with E-state index in [1.807, 2.05) is 12.1 Å². The third-order valence-electron chi connectivity index (χ3n) is 2.36. The molecule has 0 spiro atoms. The molecule has 15 heavy (non-hydrogen) atoms. The fourth-order valence-corrected chi connectivity index (χ4v) is 1.69. The summed E-state index contributed by atoms with van der Waals surface area (Å²) in [6.07, 6.45) is 0. The van der Waals surface area contributed by atoms with Crippen LogP contribution in [-0.4, -0.2) is 6.04 Å². The smallest absolute Gasteiger partial charge is 0.404 e. The first kappa shape index (κ1) is 10.3. The predicted octanol–water partition coefficient (Wildman–Crippen LogP) is 3.40. The van der Waals surface area contributed by atoms with E-state index in [2.05, 4.69) is 20.8 Å². The predicted molar refractivity (Wildman–Crippen MR) is 55.9 cm³/mol. The number of rotatable bonds is 0. The number of ether oxygens (including phenoxy) is 2. The molecular weight excluding hydrogens is 195 g/mol. The quantitative estimate of drug-likeness (QED) is 0.653. The van der Waals surface area contributed by atoms with E-state index >= 15 is 0 Å². The fourth-order valence-electron chi connectivity index (χ4n) is 1.69. The van der Waals surface area contributed by atoms with Crippen molar-refractivity contribution in [1.29, 1.82) is 0 Å². The molecule has 1 atom stereocenters. The Morgan fingerprint density at radius 1 is 1.20 bits per heavy atom. The van der Waals surface area contributed by atoms with Gasteiger partial charge in [0.2, 0.25) is 0 Å². The van der Waals surface area contributed by atoms with Gasteiger partial charge in [0.1, 0.15) is 0 Å². The van der Waals surface area contributed by atoms with Crippen LogP contribution in [0.15, 0.2) is 18.2 Å². The highest BCUT2D eigenvalue weighted by atomic mass is 19.2. The molecule has 1 heterocycles. The second kappa shape index (κ2) is 2.87. The SMILES string of the molecule is CC1(F)Oc2cccc(C(C)(C)C)c2O1. The minimum atomic E-state index is -2.04. The minimum Gasteiger partial charge on any atom is -0.423 e. The summed E-state index contributed by atoms with van der Waals surface area (Å²) in [5, 5.41) is 0. The van der Waals surface area contributed by atoms with Crippen molar-refractivity contribution in [1.82, 2.24) is 0 Å². The van der Waals surface area contributed by atoms with E-state index in [0.29, 0.717) is 11.5 Å². The molecule has 0 saturated carbocycles. The van der Waals surface area contributed by atoms with Crippen molar-refractivity contribution in [2.75, 3.05) is 0 Å². The van der Waals surface area contributed by atoms with E-state index in [1.165, 1.54) is 6.92 Å². The lowest BCUT2D eigenvalue weighted by Gasteiger charge is -2.21. The molecule has 0 aliphatic carbocycles. The summed E-state index contributed by atoms with van der Waals surface area (Å²) in [6.45, 7) is 7.43. The van der Waals surface area contributed by atoms with Crippen molar-refractivity contribution in [3.8, 4) is 11.5 Å². The number of para-hydroxylation sites is 1. The summed E-state index contributed by atoms with van der Waals surface area (Å²) in [5.74, 6) is 1.00. The zero-order valence-corrected chi connectivity index (χ0v) is 9.43. The van der Waals surface area contributed by atoms with Crippen LogP contribution >= 0.6 is 0 Å². The zero-order chi connectivity index (χ0) is 11.3. The van der Waals surface area contributed by atoms with Crippen LogP contribution in [0.5, 0.6) is 11.5 Å². The van der Waals surface area contributed by atoms with Crippen LogP contribution in [0.2, 0.25) is 0 Å². The summed E-state index contributed by atoms with van der Waals surface area (Å²) in [5.41, 5.74) is 0.871. The van der Waals surface area contributed by atoms with Crippen molar-refractivity contribution in [2.45, 2.75) is 39.2 Å².